The van der Waals surface area contributed by atoms with Crippen LogP contribution in [0.4, 0.5) is 0 Å². The molecule has 2 heterocycles. The van der Waals surface area contributed by atoms with Crippen molar-refractivity contribution in [2.75, 3.05) is 40.3 Å². The lowest BCUT2D eigenvalue weighted by atomic mass is 10.4. The highest BCUT2D eigenvalue weighted by Gasteiger charge is 2.28. The van der Waals surface area contributed by atoms with Crippen LogP contribution in [0.25, 0.3) is 0 Å². The van der Waals surface area contributed by atoms with Crippen molar-refractivity contribution in [1.82, 2.24) is 14.5 Å². The van der Waals surface area contributed by atoms with E-state index in [1.165, 1.54) is 10.4 Å². The molecule has 19 heavy (non-hydrogen) atoms. The third-order valence-corrected chi connectivity index (χ3v) is 5.03. The van der Waals surface area contributed by atoms with Gasteiger partial charge in [-0.2, -0.15) is 4.31 Å². The number of nitrogens with zero attached hydrogens (tertiary/aromatic N) is 2. The normalized spacial score (nSPS) is 19.5. The van der Waals surface area contributed by atoms with Crippen LogP contribution in [-0.2, 0) is 16.6 Å². The molecule has 1 fully saturated rings. The molecule has 0 unspecified atom stereocenters. The summed E-state index contributed by atoms with van der Waals surface area (Å²) in [6.45, 7) is 3.27. The Morgan fingerprint density at radius 3 is 2.79 bits per heavy atom. The summed E-state index contributed by atoms with van der Waals surface area (Å²) in [7, 11) is 0.307. The Hall–Kier alpha value is -0.890. The highest BCUT2D eigenvalue weighted by Crippen LogP contribution is 2.20. The van der Waals surface area contributed by atoms with E-state index in [-0.39, 0.29) is 5.09 Å². The fourth-order valence-electron chi connectivity index (χ4n) is 2.16. The minimum Gasteiger partial charge on any atom is -0.447 e. The molecule has 0 bridgehead atoms. The Balaban J connectivity index is 2.15. The summed E-state index contributed by atoms with van der Waals surface area (Å²) >= 11 is 0. The van der Waals surface area contributed by atoms with Crippen LogP contribution >= 0.6 is 0 Å². The Kier molecular flexibility index (Phi) is 4.62. The number of sulfonamides is 1. The highest BCUT2D eigenvalue weighted by molar-refractivity contribution is 7.89. The van der Waals surface area contributed by atoms with Gasteiger partial charge in [-0.05, 0) is 39.2 Å². The molecule has 1 saturated heterocycles. The quantitative estimate of drug-likeness (QED) is 0.864. The lowest BCUT2D eigenvalue weighted by Crippen LogP contribution is -2.34. The van der Waals surface area contributed by atoms with E-state index in [0.717, 1.165) is 19.5 Å². The molecule has 0 aromatic carbocycles. The fraction of sp³-hybridized carbons (Fsp3) is 0.667. The largest absolute Gasteiger partial charge is 0.447 e. The minimum atomic E-state index is -3.49. The van der Waals surface area contributed by atoms with Crippen LogP contribution in [0, 0.1) is 0 Å². The monoisotopic (exact) mass is 287 g/mol. The van der Waals surface area contributed by atoms with Crippen LogP contribution in [-0.4, -0.2) is 57.9 Å². The van der Waals surface area contributed by atoms with E-state index in [1.54, 1.807) is 13.1 Å². The summed E-state index contributed by atoms with van der Waals surface area (Å²) in [5.74, 6) is 0.632. The van der Waals surface area contributed by atoms with E-state index in [1.807, 2.05) is 7.05 Å². The van der Waals surface area contributed by atoms with Gasteiger partial charge in [-0.25, -0.2) is 8.42 Å². The predicted molar refractivity (Wildman–Crippen MR) is 72.3 cm³/mol. The number of furan rings is 1. The summed E-state index contributed by atoms with van der Waals surface area (Å²) in [5, 5.41) is 2.98. The average Bonchev–Trinajstić information content (AvgIpc) is 2.72. The molecule has 7 heteroatoms. The van der Waals surface area contributed by atoms with Gasteiger partial charge in [-0.1, -0.05) is 0 Å². The topological polar surface area (TPSA) is 65.8 Å². The van der Waals surface area contributed by atoms with Gasteiger partial charge in [0.05, 0.1) is 6.54 Å². The van der Waals surface area contributed by atoms with Crippen molar-refractivity contribution < 1.29 is 12.8 Å². The second-order valence-corrected chi connectivity index (χ2v) is 6.68. The molecule has 1 aromatic heterocycles. The Bertz CT molecular complexity index is 512. The molecule has 1 aliphatic rings. The molecule has 0 radical (unpaired) electrons. The average molecular weight is 287 g/mol. The van der Waals surface area contributed by atoms with Gasteiger partial charge in [0.25, 0.3) is 10.0 Å². The van der Waals surface area contributed by atoms with Gasteiger partial charge in [0, 0.05) is 19.6 Å². The van der Waals surface area contributed by atoms with E-state index >= 15 is 0 Å². The third-order valence-electron chi connectivity index (χ3n) is 3.26. The second kappa shape index (κ2) is 6.04. The number of likely N-dealkylation sites (N-methyl/N-ethyl adjacent to an activating group) is 1. The van der Waals surface area contributed by atoms with Gasteiger partial charge in [-0.3, -0.25) is 0 Å². The zero-order valence-electron chi connectivity index (χ0n) is 11.4. The van der Waals surface area contributed by atoms with Crippen LogP contribution in [0.3, 0.4) is 0 Å². The molecule has 0 saturated carbocycles. The molecule has 0 spiro atoms. The second-order valence-electron chi connectivity index (χ2n) is 4.81. The van der Waals surface area contributed by atoms with Crippen molar-refractivity contribution in [2.24, 2.45) is 0 Å². The van der Waals surface area contributed by atoms with E-state index in [2.05, 4.69) is 10.2 Å². The first-order chi connectivity index (χ1) is 9.04. The molecular formula is C12H21N3O3S. The molecule has 108 valence electrons. The Morgan fingerprint density at radius 2 is 2.05 bits per heavy atom. The van der Waals surface area contributed by atoms with E-state index in [9.17, 15) is 8.42 Å². The van der Waals surface area contributed by atoms with Gasteiger partial charge in [0.15, 0.2) is 0 Å². The van der Waals surface area contributed by atoms with E-state index in [0.29, 0.717) is 25.4 Å². The number of rotatable bonds is 4. The van der Waals surface area contributed by atoms with Crippen molar-refractivity contribution in [3.05, 3.63) is 17.9 Å². The maximum absolute atomic E-state index is 12.5. The standard InChI is InChI=1S/C12H21N3O3S/c1-13-10-11-4-5-12(18-11)19(16,17)15-7-3-6-14(2)8-9-15/h4-5,13H,3,6-10H2,1-2H3. The predicted octanol–water partition coefficient (Wildman–Crippen LogP) is 0.325. The molecule has 0 amide bonds. The highest BCUT2D eigenvalue weighted by atomic mass is 32.2. The molecule has 1 aromatic rings. The third kappa shape index (κ3) is 3.36. The van der Waals surface area contributed by atoms with Gasteiger partial charge < -0.3 is 14.6 Å². The fourth-order valence-corrected chi connectivity index (χ4v) is 3.55. The van der Waals surface area contributed by atoms with Crippen LogP contribution in [0.15, 0.2) is 21.6 Å². The van der Waals surface area contributed by atoms with Crippen LogP contribution in [0.1, 0.15) is 12.2 Å². The summed E-state index contributed by atoms with van der Waals surface area (Å²) in [5.41, 5.74) is 0. The summed E-state index contributed by atoms with van der Waals surface area (Å²) in [6, 6.07) is 3.24. The first kappa shape index (κ1) is 14.5. The molecular weight excluding hydrogens is 266 g/mol. The summed E-state index contributed by atoms with van der Waals surface area (Å²) in [4.78, 5) is 2.14. The van der Waals surface area contributed by atoms with Crippen LogP contribution < -0.4 is 5.32 Å². The van der Waals surface area contributed by atoms with Gasteiger partial charge in [-0.15, -0.1) is 0 Å². The van der Waals surface area contributed by atoms with Gasteiger partial charge >= 0.3 is 0 Å². The first-order valence-electron chi connectivity index (χ1n) is 6.46. The number of hydrogen-bond donors (Lipinski definition) is 1. The first-order valence-corrected chi connectivity index (χ1v) is 7.90. The van der Waals surface area contributed by atoms with Crippen molar-refractivity contribution in [1.29, 1.82) is 0 Å². The zero-order valence-corrected chi connectivity index (χ0v) is 12.2. The van der Waals surface area contributed by atoms with E-state index < -0.39 is 10.0 Å². The van der Waals surface area contributed by atoms with Crippen molar-refractivity contribution >= 4 is 10.0 Å². The molecule has 0 aliphatic carbocycles. The maximum Gasteiger partial charge on any atom is 0.276 e. The lowest BCUT2D eigenvalue weighted by molar-refractivity contribution is 0.341. The van der Waals surface area contributed by atoms with Crippen LogP contribution in [0.2, 0.25) is 0 Å². The summed E-state index contributed by atoms with van der Waals surface area (Å²) < 4.78 is 31.8. The molecule has 2 rings (SSSR count). The maximum atomic E-state index is 12.5. The molecule has 1 aliphatic heterocycles. The summed E-state index contributed by atoms with van der Waals surface area (Å²) in [6.07, 6.45) is 0.847. The Labute approximate surface area is 114 Å². The lowest BCUT2D eigenvalue weighted by Gasteiger charge is -2.18. The van der Waals surface area contributed by atoms with Gasteiger partial charge in [0.2, 0.25) is 5.09 Å². The van der Waals surface area contributed by atoms with Crippen molar-refractivity contribution in [3.8, 4) is 0 Å². The molecule has 1 N–H and O–H groups in total. The number of nitrogens with one attached hydrogen (secondary N) is 1. The minimum absolute atomic E-state index is 0.0438. The number of hydrogen-bond acceptors (Lipinski definition) is 5. The zero-order chi connectivity index (χ0) is 13.9. The molecule has 6 nitrogen and oxygen atoms in total. The Morgan fingerprint density at radius 1 is 1.26 bits per heavy atom. The molecule has 0 atom stereocenters. The van der Waals surface area contributed by atoms with E-state index in [4.69, 9.17) is 4.42 Å². The SMILES string of the molecule is CNCc1ccc(S(=O)(=O)N2CCCN(C)CC2)o1. The van der Waals surface area contributed by atoms with Gasteiger partial charge in [0.1, 0.15) is 5.76 Å². The van der Waals surface area contributed by atoms with Crippen molar-refractivity contribution in [3.63, 3.8) is 0 Å². The van der Waals surface area contributed by atoms with Crippen molar-refractivity contribution in [2.45, 2.75) is 18.1 Å². The smallest absolute Gasteiger partial charge is 0.276 e. The van der Waals surface area contributed by atoms with Crippen LogP contribution in [0.5, 0.6) is 0 Å².